The molecule has 0 radical (unpaired) electrons. The molecule has 26 heavy (non-hydrogen) atoms. The number of halogens is 1. The number of hydrogen-bond donors (Lipinski definition) is 0. The third-order valence-corrected chi connectivity index (χ3v) is 5.43. The van der Waals surface area contributed by atoms with E-state index in [0.29, 0.717) is 24.1 Å². The smallest absolute Gasteiger partial charge is 0.254 e. The summed E-state index contributed by atoms with van der Waals surface area (Å²) in [5.74, 6) is 0.924. The fourth-order valence-electron chi connectivity index (χ4n) is 4.18. The molecule has 1 amide bonds. The number of hydrogen-bond acceptors (Lipinski definition) is 3. The number of methoxy groups -OCH3 is 1. The van der Waals surface area contributed by atoms with Crippen molar-refractivity contribution in [2.45, 2.75) is 19.0 Å². The first-order chi connectivity index (χ1) is 12.6. The lowest BCUT2D eigenvalue weighted by atomic mass is 9.99. The summed E-state index contributed by atoms with van der Waals surface area (Å²) >= 11 is 0. The molecule has 136 valence electrons. The first-order valence-electron chi connectivity index (χ1n) is 9.04. The van der Waals surface area contributed by atoms with Crippen LogP contribution < -0.4 is 4.74 Å². The largest absolute Gasteiger partial charge is 0.497 e. The van der Waals surface area contributed by atoms with Crippen molar-refractivity contribution in [3.8, 4) is 5.75 Å². The van der Waals surface area contributed by atoms with Gasteiger partial charge in [-0.3, -0.25) is 9.69 Å². The molecule has 0 aromatic heterocycles. The lowest BCUT2D eigenvalue weighted by Crippen LogP contribution is -2.45. The quantitative estimate of drug-likeness (QED) is 0.845. The molecule has 2 fully saturated rings. The number of benzene rings is 2. The SMILES string of the molecule is COc1ccc(CN2CC3CC2CN(C(=O)c2cccc(F)c2)C3)cc1. The van der Waals surface area contributed by atoms with Crippen LogP contribution in [0.2, 0.25) is 0 Å². The van der Waals surface area contributed by atoms with Gasteiger partial charge in [0.05, 0.1) is 7.11 Å². The van der Waals surface area contributed by atoms with Crippen LogP contribution in [0.5, 0.6) is 5.75 Å². The molecule has 0 N–H and O–H groups in total. The minimum atomic E-state index is -0.364. The number of ether oxygens (including phenoxy) is 1. The van der Waals surface area contributed by atoms with Gasteiger partial charge in [-0.15, -0.1) is 0 Å². The van der Waals surface area contributed by atoms with E-state index in [1.807, 2.05) is 17.0 Å². The molecule has 2 aliphatic rings. The van der Waals surface area contributed by atoms with Crippen LogP contribution in [0.25, 0.3) is 0 Å². The average Bonchev–Trinajstić information content (AvgIpc) is 2.94. The number of carbonyl (C=O) groups excluding carboxylic acids is 1. The summed E-state index contributed by atoms with van der Waals surface area (Å²) < 4.78 is 18.6. The fraction of sp³-hybridized carbons (Fsp3) is 0.381. The van der Waals surface area contributed by atoms with Crippen molar-refractivity contribution in [2.75, 3.05) is 26.7 Å². The Kier molecular flexibility index (Phi) is 4.64. The van der Waals surface area contributed by atoms with Gasteiger partial charge in [0.2, 0.25) is 0 Å². The molecule has 2 unspecified atom stereocenters. The number of nitrogens with zero attached hydrogens (tertiary/aromatic N) is 2. The van der Waals surface area contributed by atoms with Crippen molar-refractivity contribution in [3.05, 3.63) is 65.5 Å². The number of carbonyl (C=O) groups is 1. The van der Waals surface area contributed by atoms with Gasteiger partial charge >= 0.3 is 0 Å². The molecular weight excluding hydrogens is 331 g/mol. The number of fused-ring (bicyclic) bond motifs is 2. The van der Waals surface area contributed by atoms with E-state index in [1.165, 1.54) is 17.7 Å². The monoisotopic (exact) mass is 354 g/mol. The fourth-order valence-corrected chi connectivity index (χ4v) is 4.18. The van der Waals surface area contributed by atoms with Crippen molar-refractivity contribution >= 4 is 5.91 Å². The molecule has 4 nitrogen and oxygen atoms in total. The van der Waals surface area contributed by atoms with Crippen LogP contribution in [0.1, 0.15) is 22.3 Å². The predicted octanol–water partition coefficient (Wildman–Crippen LogP) is 3.18. The normalized spacial score (nSPS) is 22.5. The van der Waals surface area contributed by atoms with E-state index in [2.05, 4.69) is 17.0 Å². The number of piperidine rings is 1. The van der Waals surface area contributed by atoms with Gasteiger partial charge in [0.1, 0.15) is 11.6 Å². The Balaban J connectivity index is 1.43. The summed E-state index contributed by atoms with van der Waals surface area (Å²) in [5.41, 5.74) is 1.69. The lowest BCUT2D eigenvalue weighted by molar-refractivity contribution is 0.0667. The highest BCUT2D eigenvalue weighted by molar-refractivity contribution is 5.94. The van der Waals surface area contributed by atoms with Crippen molar-refractivity contribution in [1.82, 2.24) is 9.80 Å². The number of amides is 1. The van der Waals surface area contributed by atoms with Crippen molar-refractivity contribution in [2.24, 2.45) is 5.92 Å². The molecular formula is C21H23FN2O2. The molecule has 2 atom stereocenters. The highest BCUT2D eigenvalue weighted by Gasteiger charge is 2.40. The molecule has 0 saturated carbocycles. The average molecular weight is 354 g/mol. The molecule has 0 aliphatic carbocycles. The topological polar surface area (TPSA) is 32.8 Å². The molecule has 2 aromatic rings. The Morgan fingerprint density at radius 2 is 1.96 bits per heavy atom. The Morgan fingerprint density at radius 3 is 2.69 bits per heavy atom. The first-order valence-corrected chi connectivity index (χ1v) is 9.04. The Morgan fingerprint density at radius 1 is 1.15 bits per heavy atom. The van der Waals surface area contributed by atoms with Gasteiger partial charge in [-0.05, 0) is 48.2 Å². The van der Waals surface area contributed by atoms with Crippen LogP contribution in [-0.4, -0.2) is 48.5 Å². The number of rotatable bonds is 4. The van der Waals surface area contributed by atoms with E-state index in [1.54, 1.807) is 19.2 Å². The zero-order chi connectivity index (χ0) is 18.1. The zero-order valence-electron chi connectivity index (χ0n) is 14.9. The highest BCUT2D eigenvalue weighted by atomic mass is 19.1. The van der Waals surface area contributed by atoms with Crippen molar-refractivity contribution in [1.29, 1.82) is 0 Å². The number of likely N-dealkylation sites (tertiary alicyclic amines) is 2. The highest BCUT2D eigenvalue weighted by Crippen LogP contribution is 2.31. The molecule has 2 bridgehead atoms. The van der Waals surface area contributed by atoms with Gasteiger partial charge in [0.15, 0.2) is 0 Å². The van der Waals surface area contributed by atoms with Crippen LogP contribution in [0.3, 0.4) is 0 Å². The third-order valence-electron chi connectivity index (χ3n) is 5.43. The van der Waals surface area contributed by atoms with Crippen LogP contribution in [0, 0.1) is 11.7 Å². The van der Waals surface area contributed by atoms with Crippen LogP contribution in [-0.2, 0) is 6.54 Å². The van der Waals surface area contributed by atoms with Gasteiger partial charge in [0, 0.05) is 37.8 Å². The van der Waals surface area contributed by atoms with Gasteiger partial charge in [-0.2, -0.15) is 0 Å². The third kappa shape index (κ3) is 3.44. The molecule has 5 heteroatoms. The van der Waals surface area contributed by atoms with Crippen molar-refractivity contribution < 1.29 is 13.9 Å². The van der Waals surface area contributed by atoms with E-state index >= 15 is 0 Å². The van der Waals surface area contributed by atoms with Crippen molar-refractivity contribution in [3.63, 3.8) is 0 Å². The predicted molar refractivity (Wildman–Crippen MR) is 97.6 cm³/mol. The van der Waals surface area contributed by atoms with E-state index in [4.69, 9.17) is 4.74 Å². The lowest BCUT2D eigenvalue weighted by Gasteiger charge is -2.33. The van der Waals surface area contributed by atoms with Gasteiger partial charge in [-0.25, -0.2) is 4.39 Å². The summed E-state index contributed by atoms with van der Waals surface area (Å²) in [6, 6.07) is 14.5. The van der Waals surface area contributed by atoms with E-state index in [-0.39, 0.29) is 11.7 Å². The molecule has 2 heterocycles. The van der Waals surface area contributed by atoms with E-state index in [9.17, 15) is 9.18 Å². The summed E-state index contributed by atoms with van der Waals surface area (Å²) in [7, 11) is 1.67. The summed E-state index contributed by atoms with van der Waals surface area (Å²) in [5, 5.41) is 0. The summed E-state index contributed by atoms with van der Waals surface area (Å²) in [6.45, 7) is 3.35. The maximum absolute atomic E-state index is 13.4. The standard InChI is InChI=1S/C21H23FN2O2/c1-26-20-7-5-15(6-8-20)11-23-12-16-9-19(23)14-24(13-16)21(25)17-3-2-4-18(22)10-17/h2-8,10,16,19H,9,11-14H2,1H3. The summed E-state index contributed by atoms with van der Waals surface area (Å²) in [6.07, 6.45) is 1.13. The van der Waals surface area contributed by atoms with E-state index < -0.39 is 0 Å². The molecule has 4 rings (SSSR count). The molecule has 2 aliphatic heterocycles. The minimum Gasteiger partial charge on any atom is -0.497 e. The summed E-state index contributed by atoms with van der Waals surface area (Å²) in [4.78, 5) is 17.1. The zero-order valence-corrected chi connectivity index (χ0v) is 14.9. The second-order valence-electron chi connectivity index (χ2n) is 7.25. The molecule has 0 spiro atoms. The van der Waals surface area contributed by atoms with Gasteiger partial charge in [0.25, 0.3) is 5.91 Å². The maximum atomic E-state index is 13.4. The Hall–Kier alpha value is -2.40. The Bertz CT molecular complexity index is 793. The van der Waals surface area contributed by atoms with Gasteiger partial charge in [-0.1, -0.05) is 18.2 Å². The van der Waals surface area contributed by atoms with E-state index in [0.717, 1.165) is 31.8 Å². The maximum Gasteiger partial charge on any atom is 0.254 e. The second kappa shape index (κ2) is 7.08. The van der Waals surface area contributed by atoms with Crippen LogP contribution in [0.4, 0.5) is 4.39 Å². The first kappa shape index (κ1) is 17.0. The molecule has 2 aromatic carbocycles. The Labute approximate surface area is 153 Å². The van der Waals surface area contributed by atoms with Crippen LogP contribution >= 0.6 is 0 Å². The second-order valence-corrected chi connectivity index (χ2v) is 7.25. The van der Waals surface area contributed by atoms with Crippen LogP contribution in [0.15, 0.2) is 48.5 Å². The minimum absolute atomic E-state index is 0.0644. The molecule has 2 saturated heterocycles. The van der Waals surface area contributed by atoms with Gasteiger partial charge < -0.3 is 9.64 Å².